The second kappa shape index (κ2) is 10.2. The maximum absolute atomic E-state index is 12.6. The van der Waals surface area contributed by atoms with Crippen LogP contribution in [0, 0.1) is 5.92 Å². The van der Waals surface area contributed by atoms with E-state index in [0.29, 0.717) is 26.3 Å². The molecule has 6 nitrogen and oxygen atoms in total. The van der Waals surface area contributed by atoms with Crippen LogP contribution in [0.25, 0.3) is 0 Å². The van der Waals surface area contributed by atoms with E-state index in [1.807, 2.05) is 11.8 Å². The molecule has 2 saturated heterocycles. The zero-order valence-electron chi connectivity index (χ0n) is 16.8. The van der Waals surface area contributed by atoms with Crippen molar-refractivity contribution in [3.8, 4) is 0 Å². The minimum absolute atomic E-state index is 0.104. The molecule has 3 aliphatic rings. The van der Waals surface area contributed by atoms with Crippen LogP contribution in [0.3, 0.4) is 0 Å². The van der Waals surface area contributed by atoms with Crippen LogP contribution in [0.5, 0.6) is 0 Å². The summed E-state index contributed by atoms with van der Waals surface area (Å²) in [5.41, 5.74) is 1.50. The lowest BCUT2D eigenvalue weighted by Gasteiger charge is -2.37. The van der Waals surface area contributed by atoms with Gasteiger partial charge >= 0.3 is 0 Å². The molecule has 0 aromatic heterocycles. The maximum atomic E-state index is 12.6. The largest absolute Gasteiger partial charge is 0.378 e. The SMILES string of the molecule is CC(C(=O)NCCC1=CCCCC1)N1CCC(C(=O)N2CCOCC2)CC1. The summed E-state index contributed by atoms with van der Waals surface area (Å²) in [6, 6.07) is -0.121. The summed E-state index contributed by atoms with van der Waals surface area (Å²) in [7, 11) is 0. The average Bonchev–Trinajstić information content (AvgIpc) is 2.74. The van der Waals surface area contributed by atoms with Crippen molar-refractivity contribution in [3.63, 3.8) is 0 Å². The molecule has 2 amide bonds. The molecule has 3 rings (SSSR count). The van der Waals surface area contributed by atoms with E-state index >= 15 is 0 Å². The van der Waals surface area contributed by atoms with Crippen molar-refractivity contribution in [2.45, 2.75) is 57.9 Å². The predicted molar refractivity (Wildman–Crippen MR) is 105 cm³/mol. The number of carbonyl (C=O) groups is 2. The number of hydrogen-bond donors (Lipinski definition) is 1. The Bertz CT molecular complexity index is 535. The zero-order chi connectivity index (χ0) is 19.1. The van der Waals surface area contributed by atoms with Gasteiger partial charge in [-0.25, -0.2) is 0 Å². The van der Waals surface area contributed by atoms with Crippen LogP contribution in [0.2, 0.25) is 0 Å². The number of hydrogen-bond acceptors (Lipinski definition) is 4. The van der Waals surface area contributed by atoms with Gasteiger partial charge in [0, 0.05) is 25.6 Å². The number of ether oxygens (including phenoxy) is 1. The van der Waals surface area contributed by atoms with Gasteiger partial charge in [-0.1, -0.05) is 11.6 Å². The fourth-order valence-corrected chi connectivity index (χ4v) is 4.37. The third-order valence-electron chi connectivity index (χ3n) is 6.26. The van der Waals surface area contributed by atoms with Crippen LogP contribution < -0.4 is 5.32 Å². The van der Waals surface area contributed by atoms with Crippen molar-refractivity contribution < 1.29 is 14.3 Å². The van der Waals surface area contributed by atoms with Crippen molar-refractivity contribution in [1.82, 2.24) is 15.1 Å². The van der Waals surface area contributed by atoms with Gasteiger partial charge in [-0.05, 0) is 65.0 Å². The number of rotatable bonds is 6. The monoisotopic (exact) mass is 377 g/mol. The van der Waals surface area contributed by atoms with E-state index in [0.717, 1.165) is 38.9 Å². The Balaban J connectivity index is 1.37. The smallest absolute Gasteiger partial charge is 0.237 e. The molecule has 0 spiro atoms. The fourth-order valence-electron chi connectivity index (χ4n) is 4.37. The Hall–Kier alpha value is -1.40. The lowest BCUT2D eigenvalue weighted by Crippen LogP contribution is -2.51. The highest BCUT2D eigenvalue weighted by molar-refractivity contribution is 5.81. The standard InChI is InChI=1S/C21H35N3O3/c1-17(20(25)22-10-7-18-5-3-2-4-6-18)23-11-8-19(9-12-23)21(26)24-13-15-27-16-14-24/h5,17,19H,2-4,6-16H2,1H3,(H,22,25). The summed E-state index contributed by atoms with van der Waals surface area (Å²) in [4.78, 5) is 29.3. The van der Waals surface area contributed by atoms with E-state index in [1.54, 1.807) is 0 Å². The number of nitrogens with one attached hydrogen (secondary N) is 1. The second-order valence-corrected chi connectivity index (χ2v) is 8.07. The predicted octanol–water partition coefficient (Wildman–Crippen LogP) is 1.95. The van der Waals surface area contributed by atoms with Gasteiger partial charge in [-0.15, -0.1) is 0 Å². The number of piperidine rings is 1. The van der Waals surface area contributed by atoms with Gasteiger partial charge in [0.15, 0.2) is 0 Å². The van der Waals surface area contributed by atoms with E-state index < -0.39 is 0 Å². The normalized spacial score (nSPS) is 23.6. The van der Waals surface area contributed by atoms with Crippen molar-refractivity contribution in [1.29, 1.82) is 0 Å². The van der Waals surface area contributed by atoms with Crippen molar-refractivity contribution in [3.05, 3.63) is 11.6 Å². The Kier molecular flexibility index (Phi) is 7.70. The third kappa shape index (κ3) is 5.79. The number of morpholine rings is 1. The van der Waals surface area contributed by atoms with Crippen LogP contribution in [0.15, 0.2) is 11.6 Å². The highest BCUT2D eigenvalue weighted by atomic mass is 16.5. The highest BCUT2D eigenvalue weighted by Gasteiger charge is 2.32. The van der Waals surface area contributed by atoms with E-state index in [-0.39, 0.29) is 23.8 Å². The first kappa shape index (κ1) is 20.3. The molecule has 6 heteroatoms. The maximum Gasteiger partial charge on any atom is 0.237 e. The van der Waals surface area contributed by atoms with Gasteiger partial charge in [0.25, 0.3) is 0 Å². The molecule has 0 bridgehead atoms. The van der Waals surface area contributed by atoms with Gasteiger partial charge < -0.3 is 15.0 Å². The molecular formula is C21H35N3O3. The van der Waals surface area contributed by atoms with Crippen molar-refractivity contribution in [2.24, 2.45) is 5.92 Å². The minimum Gasteiger partial charge on any atom is -0.378 e. The first-order valence-corrected chi connectivity index (χ1v) is 10.7. The summed E-state index contributed by atoms with van der Waals surface area (Å²) in [6.07, 6.45) is 9.99. The number of nitrogens with zero attached hydrogens (tertiary/aromatic N) is 2. The lowest BCUT2D eigenvalue weighted by atomic mass is 9.94. The quantitative estimate of drug-likeness (QED) is 0.719. The van der Waals surface area contributed by atoms with Gasteiger partial charge in [0.05, 0.1) is 19.3 Å². The molecule has 1 N–H and O–H groups in total. The van der Waals surface area contributed by atoms with Crippen LogP contribution in [-0.2, 0) is 14.3 Å². The molecule has 0 aromatic carbocycles. The van der Waals surface area contributed by atoms with E-state index in [4.69, 9.17) is 4.74 Å². The fraction of sp³-hybridized carbons (Fsp3) is 0.810. The topological polar surface area (TPSA) is 61.9 Å². The van der Waals surface area contributed by atoms with E-state index in [2.05, 4.69) is 16.3 Å². The number of carbonyl (C=O) groups excluding carboxylic acids is 2. The Morgan fingerprint density at radius 3 is 2.59 bits per heavy atom. The molecule has 1 unspecified atom stereocenters. The average molecular weight is 378 g/mol. The zero-order valence-corrected chi connectivity index (χ0v) is 16.8. The van der Waals surface area contributed by atoms with Gasteiger partial charge in [0.2, 0.25) is 11.8 Å². The third-order valence-corrected chi connectivity index (χ3v) is 6.26. The number of likely N-dealkylation sites (tertiary alicyclic amines) is 1. The van der Waals surface area contributed by atoms with Crippen molar-refractivity contribution >= 4 is 11.8 Å². The molecule has 2 fully saturated rings. The van der Waals surface area contributed by atoms with Crippen molar-refractivity contribution in [2.75, 3.05) is 45.9 Å². The molecule has 2 aliphatic heterocycles. The van der Waals surface area contributed by atoms with Crippen LogP contribution in [-0.4, -0.2) is 73.6 Å². The van der Waals surface area contributed by atoms with Gasteiger partial charge in [-0.3, -0.25) is 14.5 Å². The molecule has 0 saturated carbocycles. The summed E-state index contributed by atoms with van der Waals surface area (Å²) < 4.78 is 5.33. The molecule has 1 aliphatic carbocycles. The number of allylic oxidation sites excluding steroid dienone is 1. The Morgan fingerprint density at radius 1 is 1.19 bits per heavy atom. The van der Waals surface area contributed by atoms with E-state index in [9.17, 15) is 9.59 Å². The van der Waals surface area contributed by atoms with Crippen LogP contribution in [0.1, 0.15) is 51.9 Å². The first-order chi connectivity index (χ1) is 13.1. The molecule has 0 radical (unpaired) electrons. The molecule has 27 heavy (non-hydrogen) atoms. The minimum atomic E-state index is -0.121. The van der Waals surface area contributed by atoms with Crippen LogP contribution >= 0.6 is 0 Å². The first-order valence-electron chi connectivity index (χ1n) is 10.7. The second-order valence-electron chi connectivity index (χ2n) is 8.07. The highest BCUT2D eigenvalue weighted by Crippen LogP contribution is 2.22. The molecule has 2 heterocycles. The number of amides is 2. The molecule has 152 valence electrons. The van der Waals surface area contributed by atoms with Gasteiger partial charge in [0.1, 0.15) is 0 Å². The summed E-state index contributed by atoms with van der Waals surface area (Å²) >= 11 is 0. The van der Waals surface area contributed by atoms with Crippen LogP contribution in [0.4, 0.5) is 0 Å². The molecular weight excluding hydrogens is 342 g/mol. The van der Waals surface area contributed by atoms with E-state index in [1.165, 1.54) is 31.3 Å². The summed E-state index contributed by atoms with van der Waals surface area (Å²) in [5, 5.41) is 3.10. The Morgan fingerprint density at radius 2 is 1.93 bits per heavy atom. The Labute approximate surface area is 163 Å². The summed E-state index contributed by atoms with van der Waals surface area (Å²) in [6.45, 7) is 7.10. The summed E-state index contributed by atoms with van der Waals surface area (Å²) in [5.74, 6) is 0.494. The van der Waals surface area contributed by atoms with Gasteiger partial charge in [-0.2, -0.15) is 0 Å². The molecule has 0 aromatic rings. The molecule has 1 atom stereocenters. The lowest BCUT2D eigenvalue weighted by molar-refractivity contribution is -0.141.